The van der Waals surface area contributed by atoms with Crippen molar-refractivity contribution in [3.8, 4) is 5.69 Å². The van der Waals surface area contributed by atoms with Crippen LogP contribution in [0.25, 0.3) is 5.69 Å². The number of rotatable bonds is 3. The lowest BCUT2D eigenvalue weighted by Crippen LogP contribution is -2.62. The summed E-state index contributed by atoms with van der Waals surface area (Å²) in [6.07, 6.45) is -7.42. The lowest BCUT2D eigenvalue weighted by atomic mass is 9.57. The van der Waals surface area contributed by atoms with Crippen LogP contribution in [0.1, 0.15) is 54.5 Å². The molecule has 1 N–H and O–H groups in total. The van der Waals surface area contributed by atoms with Gasteiger partial charge in [-0.25, -0.2) is 9.97 Å². The Morgan fingerprint density at radius 2 is 1.68 bits per heavy atom. The molecule has 7 rings (SSSR count). The van der Waals surface area contributed by atoms with E-state index < -0.39 is 42.5 Å². The van der Waals surface area contributed by atoms with E-state index >= 15 is 0 Å². The molecule has 0 bridgehead atoms. The van der Waals surface area contributed by atoms with Crippen molar-refractivity contribution in [3.63, 3.8) is 0 Å². The van der Waals surface area contributed by atoms with Gasteiger partial charge in [-0.15, -0.1) is 10.2 Å². The zero-order valence-electron chi connectivity index (χ0n) is 21.4. The van der Waals surface area contributed by atoms with Crippen molar-refractivity contribution in [3.05, 3.63) is 58.4 Å². The smallest absolute Gasteiger partial charge is 0.380 e. The van der Waals surface area contributed by atoms with Gasteiger partial charge >= 0.3 is 12.4 Å². The van der Waals surface area contributed by atoms with Crippen LogP contribution < -0.4 is 4.90 Å². The van der Waals surface area contributed by atoms with E-state index in [0.29, 0.717) is 30.5 Å². The van der Waals surface area contributed by atoms with E-state index in [2.05, 4.69) is 20.2 Å². The molecule has 218 valence electrons. The second-order valence-corrected chi connectivity index (χ2v) is 12.2. The molecule has 4 heterocycles. The summed E-state index contributed by atoms with van der Waals surface area (Å²) in [5.74, 6) is 1.45. The first kappa shape index (κ1) is 26.9. The summed E-state index contributed by atoms with van der Waals surface area (Å²) in [4.78, 5) is 11.3. The van der Waals surface area contributed by atoms with Crippen molar-refractivity contribution in [1.82, 2.24) is 29.6 Å². The minimum atomic E-state index is -4.69. The summed E-state index contributed by atoms with van der Waals surface area (Å²) in [5, 5.41) is 19.4. The minimum Gasteiger partial charge on any atom is -0.380 e. The van der Waals surface area contributed by atoms with Gasteiger partial charge in [0.2, 0.25) is 5.95 Å². The van der Waals surface area contributed by atoms with Crippen molar-refractivity contribution in [2.45, 2.75) is 68.7 Å². The van der Waals surface area contributed by atoms with Gasteiger partial charge in [0, 0.05) is 61.1 Å². The van der Waals surface area contributed by atoms with Crippen molar-refractivity contribution in [1.29, 1.82) is 0 Å². The van der Waals surface area contributed by atoms with Crippen LogP contribution in [0, 0.1) is 5.41 Å². The fourth-order valence-corrected chi connectivity index (χ4v) is 6.97. The number of nitrogens with zero attached hydrogens (tertiary/aromatic N) is 7. The van der Waals surface area contributed by atoms with E-state index in [1.807, 2.05) is 15.5 Å². The van der Waals surface area contributed by atoms with Crippen molar-refractivity contribution >= 4 is 17.5 Å². The molecule has 2 aliphatic carbocycles. The van der Waals surface area contributed by atoms with Gasteiger partial charge in [-0.05, 0) is 42.7 Å². The van der Waals surface area contributed by atoms with Crippen LogP contribution in [-0.4, -0.2) is 65.6 Å². The Balaban J connectivity index is 1.09. The van der Waals surface area contributed by atoms with E-state index in [1.165, 1.54) is 0 Å². The van der Waals surface area contributed by atoms with E-state index in [0.717, 1.165) is 42.2 Å². The molecule has 1 aromatic carbocycles. The maximum atomic E-state index is 13.3. The average Bonchev–Trinajstić information content (AvgIpc) is 3.14. The number of benzene rings is 1. The Kier molecular flexibility index (Phi) is 5.75. The summed E-state index contributed by atoms with van der Waals surface area (Å²) in [5.41, 5.74) is -2.10. The van der Waals surface area contributed by atoms with E-state index in [1.54, 1.807) is 17.0 Å². The van der Waals surface area contributed by atoms with Crippen LogP contribution >= 0.6 is 11.6 Å². The topological polar surface area (TPSA) is 83.2 Å². The maximum absolute atomic E-state index is 13.3. The molecule has 15 heteroatoms. The van der Waals surface area contributed by atoms with Crippen LogP contribution in [0.4, 0.5) is 32.3 Å². The van der Waals surface area contributed by atoms with Gasteiger partial charge in [-0.3, -0.25) is 9.47 Å². The molecule has 2 aromatic heterocycles. The van der Waals surface area contributed by atoms with Gasteiger partial charge in [-0.1, -0.05) is 11.6 Å². The van der Waals surface area contributed by atoms with Gasteiger partial charge in [-0.2, -0.15) is 26.3 Å². The van der Waals surface area contributed by atoms with Crippen molar-refractivity contribution in [2.24, 2.45) is 5.41 Å². The molecular formula is C26H24ClF6N7O. The number of alkyl halides is 6. The first-order valence-electron chi connectivity index (χ1n) is 13.2. The van der Waals surface area contributed by atoms with E-state index in [4.69, 9.17) is 11.6 Å². The monoisotopic (exact) mass is 599 g/mol. The molecule has 8 nitrogen and oxygen atoms in total. The highest BCUT2D eigenvalue weighted by atomic mass is 35.5. The molecule has 1 saturated heterocycles. The number of hydrogen-bond donors (Lipinski definition) is 1. The molecule has 3 fully saturated rings. The number of halogens is 7. The van der Waals surface area contributed by atoms with Gasteiger partial charge in [0.15, 0.2) is 11.4 Å². The second kappa shape index (κ2) is 8.77. The molecule has 1 spiro atoms. The van der Waals surface area contributed by atoms with Gasteiger partial charge in [0.25, 0.3) is 0 Å². The quantitative estimate of drug-likeness (QED) is 0.430. The largest absolute Gasteiger partial charge is 0.433 e. The van der Waals surface area contributed by atoms with Crippen LogP contribution in [0.3, 0.4) is 0 Å². The predicted molar refractivity (Wildman–Crippen MR) is 133 cm³/mol. The fourth-order valence-electron chi connectivity index (χ4n) is 6.77. The Morgan fingerprint density at radius 1 is 0.951 bits per heavy atom. The fraction of sp³-hybridized carbons (Fsp3) is 0.538. The summed E-state index contributed by atoms with van der Waals surface area (Å²) in [6.45, 7) is 1.68. The molecular weight excluding hydrogens is 576 g/mol. The summed E-state index contributed by atoms with van der Waals surface area (Å²) in [6, 6.07) is 5.76. The SMILES string of the molecule is OC1(C(F)(F)F)CC(N2Cc3cc(Cl)ccc3-n3c(nnc3C3CC4(C3)CN(c3nccc(C(F)(F)F)n3)C4)C2)C1. The maximum Gasteiger partial charge on any atom is 0.433 e. The van der Waals surface area contributed by atoms with Crippen molar-refractivity contribution in [2.75, 3.05) is 18.0 Å². The highest BCUT2D eigenvalue weighted by molar-refractivity contribution is 6.30. The lowest BCUT2D eigenvalue weighted by Gasteiger charge is -2.58. The highest BCUT2D eigenvalue weighted by Crippen LogP contribution is 2.57. The molecule has 4 aliphatic rings. The van der Waals surface area contributed by atoms with E-state index in [9.17, 15) is 31.4 Å². The second-order valence-electron chi connectivity index (χ2n) is 11.8. The van der Waals surface area contributed by atoms with Gasteiger partial charge in [0.1, 0.15) is 11.5 Å². The summed E-state index contributed by atoms with van der Waals surface area (Å²) < 4.78 is 81.0. The third kappa shape index (κ3) is 4.36. The zero-order chi connectivity index (χ0) is 28.9. The Labute approximate surface area is 235 Å². The number of aromatic nitrogens is 5. The Hall–Kier alpha value is -2.97. The standard InChI is InChI=1S/C26H24ClF6N7O/c27-16-1-2-18-14(5-16)10-38(17-8-24(41,9-17)26(31,32)33)11-20-36-37-21(40(18)20)15-6-23(7-15)12-39(13-23)22-34-4-3-19(35-22)25(28,29)30/h1-5,15,17,41H,6-13H2. The molecule has 0 unspecified atom stereocenters. The number of fused-ring (bicyclic) bond motifs is 3. The first-order chi connectivity index (χ1) is 19.2. The molecule has 2 saturated carbocycles. The molecule has 0 radical (unpaired) electrons. The number of aliphatic hydroxyl groups is 1. The molecule has 0 atom stereocenters. The first-order valence-corrected chi connectivity index (χ1v) is 13.5. The summed E-state index contributed by atoms with van der Waals surface area (Å²) in [7, 11) is 0. The van der Waals surface area contributed by atoms with E-state index in [-0.39, 0.29) is 23.8 Å². The molecule has 2 aliphatic heterocycles. The Bertz CT molecular complexity index is 1500. The van der Waals surface area contributed by atoms with Crippen LogP contribution in [0.15, 0.2) is 30.5 Å². The minimum absolute atomic E-state index is 0.0509. The van der Waals surface area contributed by atoms with Crippen LogP contribution in [-0.2, 0) is 19.3 Å². The lowest BCUT2D eigenvalue weighted by molar-refractivity contribution is -0.300. The zero-order valence-corrected chi connectivity index (χ0v) is 22.2. The average molecular weight is 600 g/mol. The van der Waals surface area contributed by atoms with Crippen LogP contribution in [0.2, 0.25) is 5.02 Å². The highest BCUT2D eigenvalue weighted by Gasteiger charge is 2.62. The van der Waals surface area contributed by atoms with Gasteiger partial charge in [0.05, 0.1) is 12.2 Å². The summed E-state index contributed by atoms with van der Waals surface area (Å²) >= 11 is 6.29. The third-order valence-electron chi connectivity index (χ3n) is 8.94. The molecule has 3 aromatic rings. The Morgan fingerprint density at radius 3 is 2.37 bits per heavy atom. The number of hydrogen-bond acceptors (Lipinski definition) is 7. The molecule has 41 heavy (non-hydrogen) atoms. The normalized spacial score (nSPS) is 26.0. The van der Waals surface area contributed by atoms with Crippen LogP contribution in [0.5, 0.6) is 0 Å². The predicted octanol–water partition coefficient (Wildman–Crippen LogP) is 4.88. The van der Waals surface area contributed by atoms with Crippen molar-refractivity contribution < 1.29 is 31.4 Å². The number of anilines is 1. The molecule has 0 amide bonds. The third-order valence-corrected chi connectivity index (χ3v) is 9.17. The van der Waals surface area contributed by atoms with Gasteiger partial charge < -0.3 is 10.0 Å².